The lowest BCUT2D eigenvalue weighted by molar-refractivity contribution is -0.137. The molecule has 6 nitrogen and oxygen atoms in total. The van der Waals surface area contributed by atoms with Gasteiger partial charge in [0.05, 0.1) is 17.1 Å². The van der Waals surface area contributed by atoms with Crippen molar-refractivity contribution in [2.45, 2.75) is 5.37 Å². The zero-order valence-corrected chi connectivity index (χ0v) is 13.2. The van der Waals surface area contributed by atoms with Crippen LogP contribution in [0.25, 0.3) is 0 Å². The van der Waals surface area contributed by atoms with Gasteiger partial charge in [-0.1, -0.05) is 30.0 Å². The van der Waals surface area contributed by atoms with Crippen molar-refractivity contribution in [1.82, 2.24) is 5.32 Å². The third-order valence-electron chi connectivity index (χ3n) is 2.80. The van der Waals surface area contributed by atoms with Gasteiger partial charge in [0.15, 0.2) is 0 Å². The van der Waals surface area contributed by atoms with Gasteiger partial charge in [-0.05, 0) is 6.07 Å². The molecule has 2 rings (SSSR count). The molecule has 114 valence electrons. The molecule has 0 spiro atoms. The Kier molecular flexibility index (Phi) is 5.35. The summed E-state index contributed by atoms with van der Waals surface area (Å²) in [6.45, 7) is 0. The molecule has 0 saturated carbocycles. The molecule has 8 heteroatoms. The fraction of sp³-hybridized carbons (Fsp3) is 0.214. The predicted octanol–water partition coefficient (Wildman–Crippen LogP) is 1.90. The van der Waals surface area contributed by atoms with E-state index >= 15 is 0 Å². The zero-order valence-electron chi connectivity index (χ0n) is 11.5. The van der Waals surface area contributed by atoms with Crippen molar-refractivity contribution in [1.29, 1.82) is 5.26 Å². The van der Waals surface area contributed by atoms with E-state index in [0.717, 1.165) is 11.8 Å². The number of para-hydroxylation sites is 1. The average molecular weight is 336 g/mol. The first-order valence-corrected chi connectivity index (χ1v) is 8.02. The lowest BCUT2D eigenvalue weighted by Gasteiger charge is -2.25. The van der Waals surface area contributed by atoms with Gasteiger partial charge < -0.3 is 15.2 Å². The summed E-state index contributed by atoms with van der Waals surface area (Å²) in [6, 6.07) is 8.47. The maximum atomic E-state index is 12.0. The monoisotopic (exact) mass is 336 g/mol. The Bertz CT molecular complexity index is 682. The highest BCUT2D eigenvalue weighted by molar-refractivity contribution is 8.22. The third kappa shape index (κ3) is 3.55. The summed E-state index contributed by atoms with van der Waals surface area (Å²) in [5.41, 5.74) is 0.500. The number of nitrogens with one attached hydrogen (secondary N) is 1. The number of methoxy groups -OCH3 is 1. The SMILES string of the molecule is COC(=O)CSC1=C(C#N)C(=O)N[C@H](c2ccccc2O)S1. The van der Waals surface area contributed by atoms with Crippen LogP contribution in [0.1, 0.15) is 10.9 Å². The molecule has 2 N–H and O–H groups in total. The van der Waals surface area contributed by atoms with E-state index in [2.05, 4.69) is 10.1 Å². The summed E-state index contributed by atoms with van der Waals surface area (Å²) in [4.78, 5) is 23.3. The van der Waals surface area contributed by atoms with Crippen LogP contribution in [0, 0.1) is 11.3 Å². The number of hydrogen-bond donors (Lipinski definition) is 2. The molecule has 0 aromatic heterocycles. The molecule has 1 aromatic carbocycles. The van der Waals surface area contributed by atoms with Gasteiger partial charge >= 0.3 is 5.97 Å². The summed E-state index contributed by atoms with van der Waals surface area (Å²) in [6.07, 6.45) is 0. The van der Waals surface area contributed by atoms with Crippen molar-refractivity contribution in [3.63, 3.8) is 0 Å². The number of aromatic hydroxyl groups is 1. The Labute approximate surface area is 135 Å². The highest BCUT2D eigenvalue weighted by atomic mass is 32.2. The number of nitriles is 1. The standard InChI is InChI=1S/C14H12N2O4S2/c1-20-11(18)7-21-14-9(6-15)12(19)16-13(22-14)8-4-2-3-5-10(8)17/h2-5,13,17H,7H2,1H3,(H,16,19)/t13-/m0/s1. The molecule has 1 atom stereocenters. The van der Waals surface area contributed by atoms with Crippen molar-refractivity contribution >= 4 is 35.4 Å². The van der Waals surface area contributed by atoms with Crippen LogP contribution in [-0.2, 0) is 14.3 Å². The number of phenols is 1. The summed E-state index contributed by atoms with van der Waals surface area (Å²) in [5.74, 6) is -0.912. The largest absolute Gasteiger partial charge is 0.508 e. The number of ether oxygens (including phenoxy) is 1. The lowest BCUT2D eigenvalue weighted by atomic mass is 10.2. The minimum Gasteiger partial charge on any atom is -0.508 e. The van der Waals surface area contributed by atoms with Gasteiger partial charge in [0.2, 0.25) is 0 Å². The number of benzene rings is 1. The highest BCUT2D eigenvalue weighted by Crippen LogP contribution is 2.45. The van der Waals surface area contributed by atoms with E-state index in [1.54, 1.807) is 18.2 Å². The molecular weight excluding hydrogens is 324 g/mol. The van der Waals surface area contributed by atoms with E-state index < -0.39 is 17.3 Å². The van der Waals surface area contributed by atoms with E-state index in [9.17, 15) is 14.7 Å². The first kappa shape index (κ1) is 16.3. The molecule has 22 heavy (non-hydrogen) atoms. The van der Waals surface area contributed by atoms with Crippen molar-refractivity contribution in [3.8, 4) is 11.8 Å². The average Bonchev–Trinajstić information content (AvgIpc) is 2.52. The lowest BCUT2D eigenvalue weighted by Crippen LogP contribution is -2.31. The minimum atomic E-state index is -0.526. The van der Waals surface area contributed by atoms with Crippen molar-refractivity contribution in [3.05, 3.63) is 39.6 Å². The third-order valence-corrected chi connectivity index (χ3v) is 5.31. The number of hydrogen-bond acceptors (Lipinski definition) is 7. The summed E-state index contributed by atoms with van der Waals surface area (Å²) < 4.78 is 4.99. The summed E-state index contributed by atoms with van der Waals surface area (Å²) in [7, 11) is 1.27. The fourth-order valence-corrected chi connectivity index (χ4v) is 4.07. The highest BCUT2D eigenvalue weighted by Gasteiger charge is 2.30. The number of esters is 1. The molecule has 1 aliphatic heterocycles. The smallest absolute Gasteiger partial charge is 0.316 e. The van der Waals surface area contributed by atoms with Crippen LogP contribution in [0.5, 0.6) is 5.75 Å². The molecular formula is C14H12N2O4S2. The van der Waals surface area contributed by atoms with Gasteiger partial charge in [-0.25, -0.2) is 0 Å². The normalized spacial score (nSPS) is 17.6. The van der Waals surface area contributed by atoms with Gasteiger partial charge in [-0.15, -0.1) is 11.8 Å². The number of carbonyl (C=O) groups is 2. The van der Waals surface area contributed by atoms with E-state index in [-0.39, 0.29) is 17.1 Å². The van der Waals surface area contributed by atoms with Crippen molar-refractivity contribution < 1.29 is 19.4 Å². The molecule has 1 aromatic rings. The minimum absolute atomic E-state index is 0.00475. The van der Waals surface area contributed by atoms with Crippen LogP contribution in [-0.4, -0.2) is 29.8 Å². The Morgan fingerprint density at radius 2 is 2.27 bits per heavy atom. The zero-order chi connectivity index (χ0) is 16.1. The van der Waals surface area contributed by atoms with Gasteiger partial charge in [0, 0.05) is 5.56 Å². The number of carbonyl (C=O) groups excluding carboxylic acids is 2. The predicted molar refractivity (Wildman–Crippen MR) is 83.7 cm³/mol. The Morgan fingerprint density at radius 1 is 1.55 bits per heavy atom. The van der Waals surface area contributed by atoms with Crippen LogP contribution < -0.4 is 5.32 Å². The maximum Gasteiger partial charge on any atom is 0.316 e. The molecule has 0 radical (unpaired) electrons. The second kappa shape index (κ2) is 7.24. The summed E-state index contributed by atoms with van der Waals surface area (Å²) in [5, 5.41) is 21.1. The van der Waals surface area contributed by atoms with Crippen LogP contribution in [0.3, 0.4) is 0 Å². The first-order chi connectivity index (χ1) is 10.6. The van der Waals surface area contributed by atoms with Crippen LogP contribution in [0.4, 0.5) is 0 Å². The number of thioether (sulfide) groups is 2. The Hall–Kier alpha value is -2.11. The molecule has 0 unspecified atom stereocenters. The van der Waals surface area contributed by atoms with E-state index in [0.29, 0.717) is 9.80 Å². The quantitative estimate of drug-likeness (QED) is 0.810. The topological polar surface area (TPSA) is 99.4 Å². The van der Waals surface area contributed by atoms with Crippen molar-refractivity contribution in [2.75, 3.05) is 12.9 Å². The Balaban J connectivity index is 2.26. The molecule has 0 saturated heterocycles. The number of rotatable bonds is 4. The van der Waals surface area contributed by atoms with Gasteiger partial charge in [0.1, 0.15) is 22.8 Å². The number of phenolic OH excluding ortho intramolecular Hbond substituents is 1. The Morgan fingerprint density at radius 3 is 2.91 bits per heavy atom. The molecule has 0 aliphatic carbocycles. The van der Waals surface area contributed by atoms with E-state index in [1.807, 2.05) is 6.07 Å². The number of amides is 1. The van der Waals surface area contributed by atoms with Crippen LogP contribution in [0.2, 0.25) is 0 Å². The second-order valence-electron chi connectivity index (χ2n) is 4.17. The molecule has 1 aliphatic rings. The van der Waals surface area contributed by atoms with Crippen molar-refractivity contribution in [2.24, 2.45) is 0 Å². The van der Waals surface area contributed by atoms with Gasteiger partial charge in [-0.3, -0.25) is 9.59 Å². The van der Waals surface area contributed by atoms with Crippen LogP contribution >= 0.6 is 23.5 Å². The summed E-state index contributed by atoms with van der Waals surface area (Å²) >= 11 is 2.28. The molecule has 0 bridgehead atoms. The number of nitrogens with zero attached hydrogens (tertiary/aromatic N) is 1. The molecule has 0 fully saturated rings. The maximum absolute atomic E-state index is 12.0. The fourth-order valence-electron chi connectivity index (χ4n) is 1.72. The van der Waals surface area contributed by atoms with E-state index in [4.69, 9.17) is 5.26 Å². The molecule has 1 amide bonds. The first-order valence-electron chi connectivity index (χ1n) is 6.16. The van der Waals surface area contributed by atoms with Gasteiger partial charge in [0.25, 0.3) is 5.91 Å². The van der Waals surface area contributed by atoms with E-state index in [1.165, 1.54) is 24.9 Å². The second-order valence-corrected chi connectivity index (χ2v) is 6.53. The molecule has 1 heterocycles. The van der Waals surface area contributed by atoms with Crippen LogP contribution in [0.15, 0.2) is 34.1 Å². The van der Waals surface area contributed by atoms with Gasteiger partial charge in [-0.2, -0.15) is 5.26 Å².